The van der Waals surface area contributed by atoms with Gasteiger partial charge in [-0.05, 0) is 25.5 Å². The molecule has 1 fully saturated rings. The fraction of sp³-hybridized carbons (Fsp3) is 0.692. The van der Waals surface area contributed by atoms with Crippen molar-refractivity contribution >= 4 is 34.7 Å². The van der Waals surface area contributed by atoms with Crippen LogP contribution in [0, 0.1) is 0 Å². The maximum Gasteiger partial charge on any atom is 0.0931 e. The molecule has 2 rings (SSSR count). The number of halogens is 1. The molecule has 0 spiro atoms. The van der Waals surface area contributed by atoms with Crippen LogP contribution in [0.1, 0.15) is 31.2 Å². The predicted molar refractivity (Wildman–Crippen MR) is 83.8 cm³/mol. The lowest BCUT2D eigenvalue weighted by atomic mass is 10.1. The van der Waals surface area contributed by atoms with Gasteiger partial charge in [-0.1, -0.05) is 18.5 Å². The Labute approximate surface area is 123 Å². The van der Waals surface area contributed by atoms with Crippen molar-refractivity contribution in [3.63, 3.8) is 0 Å². The van der Waals surface area contributed by atoms with Crippen LogP contribution in [0.4, 0.5) is 0 Å². The molecule has 5 heteroatoms. The average molecular weight is 305 g/mol. The summed E-state index contributed by atoms with van der Waals surface area (Å²) in [7, 11) is 0. The second-order valence-electron chi connectivity index (χ2n) is 4.84. The Bertz CT molecular complexity index is 381. The summed E-state index contributed by atoms with van der Waals surface area (Å²) in [6.45, 7) is 6.64. The van der Waals surface area contributed by atoms with E-state index in [1.54, 1.807) is 11.3 Å². The third-order valence-electron chi connectivity index (χ3n) is 3.40. The summed E-state index contributed by atoms with van der Waals surface area (Å²) in [5.74, 6) is 1.21. The molecule has 2 nitrogen and oxygen atoms in total. The lowest BCUT2D eigenvalue weighted by Gasteiger charge is -2.39. The highest BCUT2D eigenvalue weighted by molar-refractivity contribution is 8.00. The van der Waals surface area contributed by atoms with Crippen LogP contribution in [0.5, 0.6) is 0 Å². The van der Waals surface area contributed by atoms with E-state index in [1.807, 2.05) is 6.07 Å². The minimum absolute atomic E-state index is 0.139. The van der Waals surface area contributed by atoms with Crippen LogP contribution < -0.4 is 5.73 Å². The Balaban J connectivity index is 2.14. The van der Waals surface area contributed by atoms with E-state index in [4.69, 9.17) is 17.3 Å². The molecule has 0 bridgehead atoms. The van der Waals surface area contributed by atoms with Gasteiger partial charge in [-0.3, -0.25) is 4.90 Å². The first-order valence-corrected chi connectivity index (χ1v) is 8.72. The van der Waals surface area contributed by atoms with Crippen LogP contribution in [0.25, 0.3) is 0 Å². The van der Waals surface area contributed by atoms with Crippen molar-refractivity contribution in [1.29, 1.82) is 0 Å². The third kappa shape index (κ3) is 3.42. The van der Waals surface area contributed by atoms with Gasteiger partial charge < -0.3 is 5.73 Å². The van der Waals surface area contributed by atoms with E-state index in [1.165, 1.54) is 17.1 Å². The maximum atomic E-state index is 6.21. The standard InChI is InChI=1S/C13H21ClN2S2/c1-3-10-8-16(6-7-17-10)13(9(2)15)11-4-5-12(14)18-11/h4-5,9-10,13H,3,6-8,15H2,1-2H3. The van der Waals surface area contributed by atoms with Crippen molar-refractivity contribution in [2.45, 2.75) is 37.6 Å². The molecular formula is C13H21ClN2S2. The Morgan fingerprint density at radius 2 is 2.33 bits per heavy atom. The first-order chi connectivity index (χ1) is 8.61. The monoisotopic (exact) mass is 304 g/mol. The van der Waals surface area contributed by atoms with Gasteiger partial charge in [-0.25, -0.2) is 0 Å². The largest absolute Gasteiger partial charge is 0.326 e. The molecule has 0 aromatic carbocycles. The quantitative estimate of drug-likeness (QED) is 0.921. The van der Waals surface area contributed by atoms with Crippen molar-refractivity contribution in [2.24, 2.45) is 5.73 Å². The van der Waals surface area contributed by atoms with Crippen LogP contribution >= 0.6 is 34.7 Å². The van der Waals surface area contributed by atoms with Gasteiger partial charge in [0.25, 0.3) is 0 Å². The molecule has 1 aromatic heterocycles. The molecular weight excluding hydrogens is 284 g/mol. The van der Waals surface area contributed by atoms with Gasteiger partial charge in [0, 0.05) is 35.0 Å². The molecule has 0 amide bonds. The highest BCUT2D eigenvalue weighted by Gasteiger charge is 2.29. The van der Waals surface area contributed by atoms with Gasteiger partial charge in [-0.2, -0.15) is 11.8 Å². The molecule has 18 heavy (non-hydrogen) atoms. The normalized spacial score (nSPS) is 25.0. The number of rotatable bonds is 4. The fourth-order valence-electron chi connectivity index (χ4n) is 2.50. The second kappa shape index (κ2) is 6.62. The zero-order valence-electron chi connectivity index (χ0n) is 10.9. The summed E-state index contributed by atoms with van der Waals surface area (Å²) in [5, 5.41) is 0.746. The summed E-state index contributed by atoms with van der Waals surface area (Å²) >= 11 is 9.81. The van der Waals surface area contributed by atoms with Crippen molar-refractivity contribution < 1.29 is 0 Å². The number of nitrogens with two attached hydrogens (primary N) is 1. The molecule has 102 valence electrons. The van der Waals surface area contributed by atoms with Crippen LogP contribution in [-0.4, -0.2) is 35.0 Å². The molecule has 2 N–H and O–H groups in total. The van der Waals surface area contributed by atoms with Crippen LogP contribution in [0.15, 0.2) is 12.1 Å². The zero-order valence-corrected chi connectivity index (χ0v) is 13.3. The van der Waals surface area contributed by atoms with E-state index >= 15 is 0 Å². The van der Waals surface area contributed by atoms with E-state index in [2.05, 4.69) is 36.6 Å². The molecule has 1 aliphatic rings. The van der Waals surface area contributed by atoms with Crippen LogP contribution in [0.3, 0.4) is 0 Å². The van der Waals surface area contributed by atoms with Gasteiger partial charge in [0.2, 0.25) is 0 Å². The number of thioether (sulfide) groups is 1. The minimum Gasteiger partial charge on any atom is -0.326 e. The van der Waals surface area contributed by atoms with Crippen LogP contribution in [-0.2, 0) is 0 Å². The summed E-state index contributed by atoms with van der Waals surface area (Å²) in [5.41, 5.74) is 6.21. The highest BCUT2D eigenvalue weighted by atomic mass is 35.5. The molecule has 1 aromatic rings. The molecule has 3 unspecified atom stereocenters. The van der Waals surface area contributed by atoms with Gasteiger partial charge >= 0.3 is 0 Å². The molecule has 0 aliphatic carbocycles. The fourth-order valence-corrected chi connectivity index (χ4v) is 5.02. The number of hydrogen-bond acceptors (Lipinski definition) is 4. The predicted octanol–water partition coefficient (Wildman–Crippen LogP) is 3.62. The van der Waals surface area contributed by atoms with Crippen molar-refractivity contribution in [2.75, 3.05) is 18.8 Å². The van der Waals surface area contributed by atoms with Gasteiger partial charge in [0.15, 0.2) is 0 Å². The molecule has 2 heterocycles. The molecule has 0 radical (unpaired) electrons. The summed E-state index contributed by atoms with van der Waals surface area (Å²) in [6, 6.07) is 4.56. The Morgan fingerprint density at radius 3 is 2.89 bits per heavy atom. The van der Waals surface area contributed by atoms with E-state index in [0.29, 0.717) is 6.04 Å². The second-order valence-corrected chi connectivity index (χ2v) is 8.00. The van der Waals surface area contributed by atoms with Crippen molar-refractivity contribution in [3.8, 4) is 0 Å². The van der Waals surface area contributed by atoms with E-state index in [-0.39, 0.29) is 6.04 Å². The smallest absolute Gasteiger partial charge is 0.0931 e. The maximum absolute atomic E-state index is 6.21. The summed E-state index contributed by atoms with van der Waals surface area (Å²) < 4.78 is 0.856. The summed E-state index contributed by atoms with van der Waals surface area (Å²) in [6.07, 6.45) is 1.23. The molecule has 0 saturated carbocycles. The Kier molecular flexibility index (Phi) is 5.39. The first-order valence-electron chi connectivity index (χ1n) is 6.48. The van der Waals surface area contributed by atoms with E-state index in [9.17, 15) is 0 Å². The van der Waals surface area contributed by atoms with Crippen molar-refractivity contribution in [3.05, 3.63) is 21.3 Å². The zero-order chi connectivity index (χ0) is 13.1. The molecule has 1 aliphatic heterocycles. The van der Waals surface area contributed by atoms with Gasteiger partial charge in [0.1, 0.15) is 0 Å². The Hall–Kier alpha value is 0.260. The number of nitrogens with zero attached hydrogens (tertiary/aromatic N) is 1. The highest BCUT2D eigenvalue weighted by Crippen LogP contribution is 2.35. The van der Waals surface area contributed by atoms with E-state index < -0.39 is 0 Å². The van der Waals surface area contributed by atoms with Gasteiger partial charge in [0.05, 0.1) is 10.4 Å². The molecule has 3 atom stereocenters. The first kappa shape index (κ1) is 14.7. The SMILES string of the molecule is CCC1CN(C(c2ccc(Cl)s2)C(C)N)CCS1. The minimum atomic E-state index is 0.139. The topological polar surface area (TPSA) is 29.3 Å². The van der Waals surface area contributed by atoms with Crippen LogP contribution in [0.2, 0.25) is 4.34 Å². The Morgan fingerprint density at radius 1 is 1.56 bits per heavy atom. The summed E-state index contributed by atoms with van der Waals surface area (Å²) in [4.78, 5) is 3.84. The van der Waals surface area contributed by atoms with Crippen molar-refractivity contribution in [1.82, 2.24) is 4.90 Å². The lowest BCUT2D eigenvalue weighted by molar-refractivity contribution is 0.184. The molecule has 1 saturated heterocycles. The number of thiophene rings is 1. The average Bonchev–Trinajstić information content (AvgIpc) is 2.75. The van der Waals surface area contributed by atoms with E-state index in [0.717, 1.165) is 22.7 Å². The number of hydrogen-bond donors (Lipinski definition) is 1. The van der Waals surface area contributed by atoms with Gasteiger partial charge in [-0.15, -0.1) is 11.3 Å². The lowest BCUT2D eigenvalue weighted by Crippen LogP contribution is -2.45. The third-order valence-corrected chi connectivity index (χ3v) is 6.08.